The number of pyridine rings is 1. The van der Waals surface area contributed by atoms with Gasteiger partial charge in [-0.05, 0) is 18.1 Å². The van der Waals surface area contributed by atoms with Gasteiger partial charge in [-0.1, -0.05) is 13.8 Å². The average Bonchev–Trinajstić information content (AvgIpc) is 2.38. The minimum absolute atomic E-state index is 0.0887. The highest BCUT2D eigenvalue weighted by molar-refractivity contribution is 5.87. The molecule has 1 rings (SSSR count). The van der Waals surface area contributed by atoms with Gasteiger partial charge in [-0.25, -0.2) is 4.79 Å². The molecule has 2 N–H and O–H groups in total. The first kappa shape index (κ1) is 15.1. The van der Waals surface area contributed by atoms with Crippen LogP contribution in [0.2, 0.25) is 0 Å². The molecule has 0 spiro atoms. The molecule has 1 heterocycles. The highest BCUT2D eigenvalue weighted by Gasteiger charge is 2.22. The van der Waals surface area contributed by atoms with E-state index in [1.54, 1.807) is 6.07 Å². The number of esters is 1. The Morgan fingerprint density at radius 3 is 2.53 bits per heavy atom. The molecule has 1 atom stereocenters. The molecule has 0 bridgehead atoms. The molecule has 0 aliphatic heterocycles. The van der Waals surface area contributed by atoms with E-state index in [1.807, 2.05) is 13.8 Å². The topological polar surface area (TPSA) is 88.5 Å². The Hall–Kier alpha value is -1.95. The lowest BCUT2D eigenvalue weighted by Gasteiger charge is -2.19. The molecule has 19 heavy (non-hydrogen) atoms. The average molecular weight is 266 g/mol. The van der Waals surface area contributed by atoms with Crippen LogP contribution in [0.4, 0.5) is 0 Å². The van der Waals surface area contributed by atoms with E-state index < -0.39 is 12.0 Å². The fraction of sp³-hybridized carbons (Fsp3) is 0.462. The van der Waals surface area contributed by atoms with Crippen LogP contribution in [0.3, 0.4) is 0 Å². The zero-order valence-corrected chi connectivity index (χ0v) is 11.2. The van der Waals surface area contributed by atoms with Gasteiger partial charge in [0.25, 0.3) is 0 Å². The van der Waals surface area contributed by atoms with Crippen LogP contribution in [0.25, 0.3) is 0 Å². The summed E-state index contributed by atoms with van der Waals surface area (Å²) in [6.45, 7) is 4.20. The van der Waals surface area contributed by atoms with Crippen molar-refractivity contribution in [2.75, 3.05) is 7.11 Å². The SMILES string of the molecule is COC(=O)C(NCc1ccc(C(=O)O)cn1)C(C)C. The van der Waals surface area contributed by atoms with E-state index in [9.17, 15) is 9.59 Å². The van der Waals surface area contributed by atoms with Crippen molar-refractivity contribution < 1.29 is 19.4 Å². The molecule has 1 unspecified atom stereocenters. The van der Waals surface area contributed by atoms with E-state index >= 15 is 0 Å². The summed E-state index contributed by atoms with van der Waals surface area (Å²) in [5.74, 6) is -1.25. The number of hydrogen-bond donors (Lipinski definition) is 2. The number of aromatic nitrogens is 1. The molecule has 6 heteroatoms. The van der Waals surface area contributed by atoms with Gasteiger partial charge in [0.15, 0.2) is 0 Å². The molecule has 0 saturated heterocycles. The summed E-state index contributed by atoms with van der Waals surface area (Å²) in [7, 11) is 1.35. The first-order valence-electron chi connectivity index (χ1n) is 5.95. The molecular weight excluding hydrogens is 248 g/mol. The van der Waals surface area contributed by atoms with Gasteiger partial charge in [0, 0.05) is 12.7 Å². The molecule has 0 aliphatic carbocycles. The highest BCUT2D eigenvalue weighted by Crippen LogP contribution is 2.06. The summed E-state index contributed by atoms with van der Waals surface area (Å²) in [4.78, 5) is 26.2. The van der Waals surface area contributed by atoms with Gasteiger partial charge < -0.3 is 9.84 Å². The van der Waals surface area contributed by atoms with Gasteiger partial charge in [-0.15, -0.1) is 0 Å². The van der Waals surface area contributed by atoms with Gasteiger partial charge >= 0.3 is 11.9 Å². The molecule has 0 aliphatic rings. The number of ether oxygens (including phenoxy) is 1. The molecule has 6 nitrogen and oxygen atoms in total. The molecule has 0 aromatic carbocycles. The standard InChI is InChI=1S/C13H18N2O4/c1-8(2)11(13(18)19-3)15-7-10-5-4-9(6-14-10)12(16)17/h4-6,8,11,15H,7H2,1-3H3,(H,16,17). The Labute approximate surface area is 111 Å². The lowest BCUT2D eigenvalue weighted by Crippen LogP contribution is -2.41. The number of carboxylic acids is 1. The molecule has 0 fully saturated rings. The quantitative estimate of drug-likeness (QED) is 0.749. The van der Waals surface area contributed by atoms with Crippen molar-refractivity contribution in [1.29, 1.82) is 0 Å². The van der Waals surface area contributed by atoms with Crippen LogP contribution in [0.15, 0.2) is 18.3 Å². The molecule has 104 valence electrons. The third-order valence-electron chi connectivity index (χ3n) is 2.70. The second-order valence-corrected chi connectivity index (χ2v) is 4.47. The van der Waals surface area contributed by atoms with Crippen molar-refractivity contribution in [2.45, 2.75) is 26.4 Å². The minimum Gasteiger partial charge on any atom is -0.478 e. The predicted molar refractivity (Wildman–Crippen MR) is 68.7 cm³/mol. The summed E-state index contributed by atoms with van der Waals surface area (Å²) < 4.78 is 4.71. The monoisotopic (exact) mass is 266 g/mol. The third-order valence-corrected chi connectivity index (χ3v) is 2.70. The maximum Gasteiger partial charge on any atom is 0.337 e. The maximum atomic E-state index is 11.5. The highest BCUT2D eigenvalue weighted by atomic mass is 16.5. The van der Waals surface area contributed by atoms with E-state index in [4.69, 9.17) is 9.84 Å². The molecule has 0 saturated carbocycles. The lowest BCUT2D eigenvalue weighted by molar-refractivity contribution is -0.144. The fourth-order valence-electron chi connectivity index (χ4n) is 1.59. The third kappa shape index (κ3) is 4.33. The smallest absolute Gasteiger partial charge is 0.337 e. The molecule has 0 radical (unpaired) electrons. The van der Waals surface area contributed by atoms with E-state index in [0.29, 0.717) is 12.2 Å². The molecule has 0 amide bonds. The Balaban J connectivity index is 2.64. The molecule has 1 aromatic heterocycles. The van der Waals surface area contributed by atoms with Crippen LogP contribution < -0.4 is 5.32 Å². The Morgan fingerprint density at radius 2 is 2.11 bits per heavy atom. The number of aromatic carboxylic acids is 1. The predicted octanol–water partition coefficient (Wildman–Crippen LogP) is 1.07. The summed E-state index contributed by atoms with van der Waals surface area (Å²) in [6.07, 6.45) is 1.29. The van der Waals surface area contributed by atoms with Gasteiger partial charge in [0.1, 0.15) is 6.04 Å². The van der Waals surface area contributed by atoms with Gasteiger partial charge in [-0.3, -0.25) is 15.1 Å². The van der Waals surface area contributed by atoms with E-state index in [1.165, 1.54) is 19.4 Å². The number of hydrogen-bond acceptors (Lipinski definition) is 5. The summed E-state index contributed by atoms with van der Waals surface area (Å²) in [5, 5.41) is 11.8. The normalized spacial score (nSPS) is 12.2. The number of carbonyl (C=O) groups is 2. The number of nitrogens with zero attached hydrogens (tertiary/aromatic N) is 1. The van der Waals surface area contributed by atoms with Crippen molar-refractivity contribution in [2.24, 2.45) is 5.92 Å². The lowest BCUT2D eigenvalue weighted by atomic mass is 10.0. The molecule has 1 aromatic rings. The summed E-state index contributed by atoms with van der Waals surface area (Å²) in [5.41, 5.74) is 0.802. The number of carbonyl (C=O) groups excluding carboxylic acids is 1. The first-order valence-corrected chi connectivity index (χ1v) is 5.95. The number of rotatable bonds is 6. The van der Waals surface area contributed by atoms with Crippen LogP contribution in [-0.4, -0.2) is 35.2 Å². The zero-order chi connectivity index (χ0) is 14.4. The van der Waals surface area contributed by atoms with Gasteiger partial charge in [0.05, 0.1) is 18.4 Å². The van der Waals surface area contributed by atoms with Crippen molar-refractivity contribution in [3.8, 4) is 0 Å². The Morgan fingerprint density at radius 1 is 1.42 bits per heavy atom. The second kappa shape index (κ2) is 6.84. The fourth-order valence-corrected chi connectivity index (χ4v) is 1.59. The van der Waals surface area contributed by atoms with Crippen molar-refractivity contribution in [3.05, 3.63) is 29.6 Å². The number of methoxy groups -OCH3 is 1. The zero-order valence-electron chi connectivity index (χ0n) is 11.2. The summed E-state index contributed by atoms with van der Waals surface area (Å²) >= 11 is 0. The molecular formula is C13H18N2O4. The number of carboxylic acid groups (broad SMARTS) is 1. The Kier molecular flexibility index (Phi) is 5.44. The van der Waals surface area contributed by atoms with Crippen LogP contribution in [0.5, 0.6) is 0 Å². The van der Waals surface area contributed by atoms with E-state index in [-0.39, 0.29) is 17.5 Å². The minimum atomic E-state index is -1.01. The maximum absolute atomic E-state index is 11.5. The van der Waals surface area contributed by atoms with E-state index in [2.05, 4.69) is 10.3 Å². The van der Waals surface area contributed by atoms with Crippen LogP contribution >= 0.6 is 0 Å². The largest absolute Gasteiger partial charge is 0.478 e. The van der Waals surface area contributed by atoms with Crippen molar-refractivity contribution in [3.63, 3.8) is 0 Å². The van der Waals surface area contributed by atoms with E-state index in [0.717, 1.165) is 0 Å². The first-order chi connectivity index (χ1) is 8.95. The van der Waals surface area contributed by atoms with Crippen molar-refractivity contribution >= 4 is 11.9 Å². The number of nitrogens with one attached hydrogen (secondary N) is 1. The Bertz CT molecular complexity index is 442. The van der Waals surface area contributed by atoms with Gasteiger partial charge in [-0.2, -0.15) is 0 Å². The van der Waals surface area contributed by atoms with Gasteiger partial charge in [0.2, 0.25) is 0 Å². The van der Waals surface area contributed by atoms with Crippen LogP contribution in [-0.2, 0) is 16.1 Å². The van der Waals surface area contributed by atoms with Crippen molar-refractivity contribution in [1.82, 2.24) is 10.3 Å². The summed E-state index contributed by atoms with van der Waals surface area (Å²) in [6, 6.07) is 2.69. The van der Waals surface area contributed by atoms with Crippen LogP contribution in [0, 0.1) is 5.92 Å². The van der Waals surface area contributed by atoms with Crippen LogP contribution in [0.1, 0.15) is 29.9 Å². The second-order valence-electron chi connectivity index (χ2n) is 4.47.